The second-order valence-corrected chi connectivity index (χ2v) is 7.65. The van der Waals surface area contributed by atoms with Crippen LogP contribution in [0.15, 0.2) is 11.6 Å². The summed E-state index contributed by atoms with van der Waals surface area (Å²) in [5.41, 5.74) is 1.30. The van der Waals surface area contributed by atoms with Gasteiger partial charge in [-0.1, -0.05) is 25.5 Å². The molecule has 0 aromatic rings. The summed E-state index contributed by atoms with van der Waals surface area (Å²) in [6.07, 6.45) is 4.08. The van der Waals surface area contributed by atoms with Crippen LogP contribution in [-0.2, 0) is 9.84 Å². The van der Waals surface area contributed by atoms with Gasteiger partial charge < -0.3 is 0 Å². The molecule has 2 nitrogen and oxygen atoms in total. The molecule has 2 aliphatic rings. The fourth-order valence-electron chi connectivity index (χ4n) is 3.03. The zero-order valence-electron chi connectivity index (χ0n) is 9.13. The Balaban J connectivity index is 2.46. The standard InChI is InChI=1S/C11H18O2S/c1-9-4-5-10(2)7-14(12,13)8-11(10,3)6-9/h4H,5-8H2,1-3H3/t10-,11+/m0/s1. The van der Waals surface area contributed by atoms with Crippen molar-refractivity contribution in [3.63, 3.8) is 0 Å². The molecule has 2 atom stereocenters. The lowest BCUT2D eigenvalue weighted by Crippen LogP contribution is -2.38. The molecule has 1 aliphatic heterocycles. The monoisotopic (exact) mass is 214 g/mol. The van der Waals surface area contributed by atoms with Crippen LogP contribution in [0.3, 0.4) is 0 Å². The summed E-state index contributed by atoms with van der Waals surface area (Å²) in [5, 5.41) is 0. The van der Waals surface area contributed by atoms with Gasteiger partial charge in [0, 0.05) is 0 Å². The summed E-state index contributed by atoms with van der Waals surface area (Å²) in [4.78, 5) is 0. The quantitative estimate of drug-likeness (QED) is 0.579. The highest BCUT2D eigenvalue weighted by Crippen LogP contribution is 2.55. The minimum atomic E-state index is -2.80. The molecule has 1 fully saturated rings. The Labute approximate surface area is 86.3 Å². The summed E-state index contributed by atoms with van der Waals surface area (Å²) >= 11 is 0. The maximum absolute atomic E-state index is 11.7. The predicted octanol–water partition coefficient (Wildman–Crippen LogP) is 2.17. The van der Waals surface area contributed by atoms with Crippen molar-refractivity contribution in [3.8, 4) is 0 Å². The van der Waals surface area contributed by atoms with Crippen molar-refractivity contribution in [2.45, 2.75) is 33.6 Å². The van der Waals surface area contributed by atoms with Gasteiger partial charge in [0.15, 0.2) is 9.84 Å². The van der Waals surface area contributed by atoms with Crippen LogP contribution >= 0.6 is 0 Å². The highest BCUT2D eigenvalue weighted by Gasteiger charge is 2.55. The molecule has 0 unspecified atom stereocenters. The van der Waals surface area contributed by atoms with Crippen LogP contribution in [-0.4, -0.2) is 19.9 Å². The van der Waals surface area contributed by atoms with Crippen LogP contribution in [0.25, 0.3) is 0 Å². The molecular weight excluding hydrogens is 196 g/mol. The lowest BCUT2D eigenvalue weighted by molar-refractivity contribution is 0.126. The first-order valence-electron chi connectivity index (χ1n) is 5.13. The molecule has 0 radical (unpaired) electrons. The summed E-state index contributed by atoms with van der Waals surface area (Å²) in [6.45, 7) is 6.37. The van der Waals surface area contributed by atoms with E-state index in [0.29, 0.717) is 11.5 Å². The molecular formula is C11H18O2S. The fraction of sp³-hybridized carbons (Fsp3) is 0.818. The Kier molecular flexibility index (Phi) is 1.92. The lowest BCUT2D eigenvalue weighted by atomic mass is 9.60. The summed E-state index contributed by atoms with van der Waals surface area (Å²) in [6, 6.07) is 0. The molecule has 0 bridgehead atoms. The topological polar surface area (TPSA) is 34.1 Å². The zero-order chi connectivity index (χ0) is 10.6. The molecule has 0 N–H and O–H groups in total. The Morgan fingerprint density at radius 3 is 2.43 bits per heavy atom. The van der Waals surface area contributed by atoms with E-state index in [9.17, 15) is 8.42 Å². The molecule has 14 heavy (non-hydrogen) atoms. The minimum absolute atomic E-state index is 0.0225. The van der Waals surface area contributed by atoms with E-state index in [-0.39, 0.29) is 10.8 Å². The molecule has 0 aromatic heterocycles. The smallest absolute Gasteiger partial charge is 0.151 e. The van der Waals surface area contributed by atoms with Gasteiger partial charge in [-0.25, -0.2) is 8.42 Å². The third-order valence-electron chi connectivity index (χ3n) is 4.10. The molecule has 2 rings (SSSR count). The highest BCUT2D eigenvalue weighted by molar-refractivity contribution is 7.91. The lowest BCUT2D eigenvalue weighted by Gasteiger charge is -2.42. The third kappa shape index (κ3) is 1.33. The van der Waals surface area contributed by atoms with Crippen molar-refractivity contribution in [1.82, 2.24) is 0 Å². The molecule has 3 heteroatoms. The van der Waals surface area contributed by atoms with Crippen molar-refractivity contribution in [1.29, 1.82) is 0 Å². The van der Waals surface area contributed by atoms with Crippen molar-refractivity contribution in [3.05, 3.63) is 11.6 Å². The van der Waals surface area contributed by atoms with Crippen LogP contribution in [0.2, 0.25) is 0 Å². The van der Waals surface area contributed by atoms with E-state index in [1.54, 1.807) is 0 Å². The summed E-state index contributed by atoms with van der Waals surface area (Å²) in [7, 11) is -2.80. The molecule has 0 saturated carbocycles. The van der Waals surface area contributed by atoms with E-state index in [2.05, 4.69) is 26.8 Å². The van der Waals surface area contributed by atoms with Crippen molar-refractivity contribution in [2.24, 2.45) is 10.8 Å². The van der Waals surface area contributed by atoms with Crippen LogP contribution in [0.4, 0.5) is 0 Å². The minimum Gasteiger partial charge on any atom is -0.229 e. The van der Waals surface area contributed by atoms with Gasteiger partial charge in [-0.15, -0.1) is 0 Å². The van der Waals surface area contributed by atoms with E-state index in [1.165, 1.54) is 5.57 Å². The average molecular weight is 214 g/mol. The van der Waals surface area contributed by atoms with Gasteiger partial charge in [0.2, 0.25) is 0 Å². The average Bonchev–Trinajstić information content (AvgIpc) is 2.13. The number of fused-ring (bicyclic) bond motifs is 1. The van der Waals surface area contributed by atoms with Crippen LogP contribution in [0, 0.1) is 10.8 Å². The van der Waals surface area contributed by atoms with E-state index in [0.717, 1.165) is 12.8 Å². The van der Waals surface area contributed by atoms with E-state index in [1.807, 2.05) is 0 Å². The van der Waals surface area contributed by atoms with Gasteiger partial charge in [-0.2, -0.15) is 0 Å². The Bertz CT molecular complexity index is 394. The maximum Gasteiger partial charge on any atom is 0.151 e. The maximum atomic E-state index is 11.7. The first-order valence-corrected chi connectivity index (χ1v) is 6.95. The second kappa shape index (κ2) is 2.63. The van der Waals surface area contributed by atoms with Gasteiger partial charge in [-0.05, 0) is 30.6 Å². The summed E-state index contributed by atoms with van der Waals surface area (Å²) < 4.78 is 23.4. The molecule has 1 aliphatic carbocycles. The first-order chi connectivity index (χ1) is 6.27. The number of hydrogen-bond donors (Lipinski definition) is 0. The van der Waals surface area contributed by atoms with Gasteiger partial charge in [0.05, 0.1) is 11.5 Å². The summed E-state index contributed by atoms with van der Waals surface area (Å²) in [5.74, 6) is 0.752. The normalized spacial score (nSPS) is 45.8. The van der Waals surface area contributed by atoms with Crippen LogP contribution in [0.5, 0.6) is 0 Å². The largest absolute Gasteiger partial charge is 0.229 e. The molecule has 1 saturated heterocycles. The molecule has 0 spiro atoms. The Morgan fingerprint density at radius 2 is 1.79 bits per heavy atom. The van der Waals surface area contributed by atoms with E-state index >= 15 is 0 Å². The number of rotatable bonds is 0. The highest BCUT2D eigenvalue weighted by atomic mass is 32.2. The second-order valence-electron chi connectivity index (χ2n) is 5.58. The zero-order valence-corrected chi connectivity index (χ0v) is 9.95. The molecule has 1 heterocycles. The Hall–Kier alpha value is -0.310. The fourth-order valence-corrected chi connectivity index (χ4v) is 5.99. The number of hydrogen-bond acceptors (Lipinski definition) is 2. The molecule has 80 valence electrons. The van der Waals surface area contributed by atoms with Crippen molar-refractivity contribution < 1.29 is 8.42 Å². The van der Waals surface area contributed by atoms with E-state index in [4.69, 9.17) is 0 Å². The third-order valence-corrected chi connectivity index (χ3v) is 6.26. The van der Waals surface area contributed by atoms with Gasteiger partial charge in [0.1, 0.15) is 0 Å². The van der Waals surface area contributed by atoms with Gasteiger partial charge in [-0.3, -0.25) is 0 Å². The molecule has 0 aromatic carbocycles. The number of sulfone groups is 1. The first kappa shape index (κ1) is 10.2. The van der Waals surface area contributed by atoms with Crippen molar-refractivity contribution >= 4 is 9.84 Å². The number of allylic oxidation sites excluding steroid dienone is 2. The SMILES string of the molecule is CC1=CC[C@@]2(C)CS(=O)(=O)C[C@@]2(C)C1. The van der Waals surface area contributed by atoms with Crippen molar-refractivity contribution in [2.75, 3.05) is 11.5 Å². The van der Waals surface area contributed by atoms with E-state index < -0.39 is 9.84 Å². The molecule has 0 amide bonds. The van der Waals surface area contributed by atoms with Crippen LogP contribution < -0.4 is 0 Å². The Morgan fingerprint density at radius 1 is 1.21 bits per heavy atom. The predicted molar refractivity (Wildman–Crippen MR) is 57.9 cm³/mol. The van der Waals surface area contributed by atoms with Gasteiger partial charge in [0.25, 0.3) is 0 Å². The van der Waals surface area contributed by atoms with Gasteiger partial charge >= 0.3 is 0 Å². The van der Waals surface area contributed by atoms with Crippen LogP contribution in [0.1, 0.15) is 33.6 Å².